The maximum atomic E-state index is 14.1. The molecule has 0 saturated carbocycles. The van der Waals surface area contributed by atoms with Crippen LogP contribution in [-0.4, -0.2) is 70.7 Å². The minimum Gasteiger partial charge on any atom is -0.496 e. The van der Waals surface area contributed by atoms with Crippen molar-refractivity contribution in [2.45, 2.75) is 65.8 Å². The molecule has 218 valence electrons. The number of ether oxygens (including phenoxy) is 2. The Kier molecular flexibility index (Phi) is 7.80. The largest absolute Gasteiger partial charge is 0.496 e. The minimum atomic E-state index is -0.565. The van der Waals surface area contributed by atoms with Crippen molar-refractivity contribution in [3.8, 4) is 5.75 Å². The fourth-order valence-corrected chi connectivity index (χ4v) is 6.38. The number of nitrogens with zero attached hydrogens (tertiary/aromatic N) is 3. The van der Waals surface area contributed by atoms with Crippen molar-refractivity contribution in [3.63, 3.8) is 0 Å². The number of hydrogen-bond donors (Lipinski definition) is 1. The van der Waals surface area contributed by atoms with E-state index in [0.29, 0.717) is 31.7 Å². The van der Waals surface area contributed by atoms with E-state index in [1.807, 2.05) is 74.4 Å². The van der Waals surface area contributed by atoms with Gasteiger partial charge in [0.15, 0.2) is 0 Å². The van der Waals surface area contributed by atoms with Gasteiger partial charge in [-0.2, -0.15) is 0 Å². The van der Waals surface area contributed by atoms with E-state index < -0.39 is 5.60 Å². The molecule has 1 aromatic heterocycles. The predicted molar refractivity (Wildman–Crippen MR) is 160 cm³/mol. The summed E-state index contributed by atoms with van der Waals surface area (Å²) in [6.07, 6.45) is 0.341. The molecule has 1 N–H and O–H groups in total. The van der Waals surface area contributed by atoms with Crippen LogP contribution in [0.5, 0.6) is 5.75 Å². The number of fused-ring (bicyclic) bond motifs is 2. The lowest BCUT2D eigenvalue weighted by atomic mass is 9.97. The number of aromatic nitrogens is 1. The molecule has 0 bridgehead atoms. The molecular weight excluding hydrogens is 588 g/mol. The minimum absolute atomic E-state index is 0.0513. The smallest absolute Gasteiger partial charge is 0.410 e. The first-order valence-electron chi connectivity index (χ1n) is 13.9. The maximum absolute atomic E-state index is 14.1. The Morgan fingerprint density at radius 3 is 2.51 bits per heavy atom. The standard InChI is InChI=1S/C31H37BrN4O5/c1-18-12-21(32)13-24-27(29(38)34-11-10-23-20(14-34)8-7-9-25(23)40-6)19(2)36(28(18)24)17-26(37)33-22-15-35(16-22)30(39)41-31(3,4)5/h7-9,12-13,22H,10-11,14-17H2,1-6H3,(H,33,37). The van der Waals surface area contributed by atoms with Gasteiger partial charge >= 0.3 is 6.09 Å². The maximum Gasteiger partial charge on any atom is 0.410 e. The summed E-state index contributed by atoms with van der Waals surface area (Å²) in [4.78, 5) is 43.0. The van der Waals surface area contributed by atoms with Gasteiger partial charge in [0, 0.05) is 47.3 Å². The average molecular weight is 626 g/mol. The highest BCUT2D eigenvalue weighted by molar-refractivity contribution is 9.10. The monoisotopic (exact) mass is 624 g/mol. The normalized spacial score (nSPS) is 15.4. The molecule has 0 spiro atoms. The van der Waals surface area contributed by atoms with E-state index in [1.165, 1.54) is 0 Å². The molecule has 3 heterocycles. The van der Waals surface area contributed by atoms with E-state index in [-0.39, 0.29) is 30.5 Å². The van der Waals surface area contributed by atoms with Gasteiger partial charge in [-0.1, -0.05) is 28.1 Å². The molecule has 5 rings (SSSR count). The van der Waals surface area contributed by atoms with Gasteiger partial charge in [0.2, 0.25) is 5.91 Å². The molecule has 10 heteroatoms. The van der Waals surface area contributed by atoms with Gasteiger partial charge in [-0.25, -0.2) is 4.79 Å². The first-order chi connectivity index (χ1) is 19.4. The topological polar surface area (TPSA) is 93.1 Å². The Labute approximate surface area is 248 Å². The molecular formula is C31H37BrN4O5. The quantitative estimate of drug-likeness (QED) is 0.433. The van der Waals surface area contributed by atoms with Gasteiger partial charge in [0.1, 0.15) is 17.9 Å². The summed E-state index contributed by atoms with van der Waals surface area (Å²) in [5.41, 5.74) is 4.87. The van der Waals surface area contributed by atoms with Crippen molar-refractivity contribution in [1.29, 1.82) is 0 Å². The van der Waals surface area contributed by atoms with E-state index >= 15 is 0 Å². The van der Waals surface area contributed by atoms with E-state index in [0.717, 1.165) is 49.9 Å². The van der Waals surface area contributed by atoms with Crippen LogP contribution in [0.3, 0.4) is 0 Å². The molecule has 2 aliphatic heterocycles. The van der Waals surface area contributed by atoms with Crippen LogP contribution in [0, 0.1) is 13.8 Å². The summed E-state index contributed by atoms with van der Waals surface area (Å²) in [5, 5.41) is 3.86. The third kappa shape index (κ3) is 5.80. The van der Waals surface area contributed by atoms with Crippen molar-refractivity contribution in [3.05, 3.63) is 62.8 Å². The molecule has 41 heavy (non-hydrogen) atoms. The lowest BCUT2D eigenvalue weighted by molar-refractivity contribution is -0.123. The molecule has 2 aliphatic rings. The van der Waals surface area contributed by atoms with Crippen LogP contribution in [0.1, 0.15) is 53.5 Å². The molecule has 1 fully saturated rings. The highest BCUT2D eigenvalue weighted by atomic mass is 79.9. The average Bonchev–Trinajstić information content (AvgIpc) is 3.14. The van der Waals surface area contributed by atoms with E-state index in [4.69, 9.17) is 9.47 Å². The van der Waals surface area contributed by atoms with Crippen LogP contribution in [0.2, 0.25) is 0 Å². The van der Waals surface area contributed by atoms with Crippen LogP contribution < -0.4 is 10.1 Å². The van der Waals surface area contributed by atoms with E-state index in [2.05, 4.69) is 21.2 Å². The molecule has 3 aromatic rings. The molecule has 9 nitrogen and oxygen atoms in total. The second-order valence-electron chi connectivity index (χ2n) is 11.9. The summed E-state index contributed by atoms with van der Waals surface area (Å²) in [7, 11) is 1.67. The number of hydrogen-bond acceptors (Lipinski definition) is 5. The van der Waals surface area contributed by atoms with Crippen molar-refractivity contribution in [2.75, 3.05) is 26.7 Å². The van der Waals surface area contributed by atoms with Crippen LogP contribution in [-0.2, 0) is 29.0 Å². The Morgan fingerprint density at radius 2 is 1.83 bits per heavy atom. The number of rotatable bonds is 5. The number of amides is 3. The van der Waals surface area contributed by atoms with E-state index in [9.17, 15) is 14.4 Å². The van der Waals surface area contributed by atoms with Gasteiger partial charge in [-0.15, -0.1) is 0 Å². The summed E-state index contributed by atoms with van der Waals surface area (Å²) in [5.74, 6) is 0.636. The number of nitrogens with one attached hydrogen (secondary N) is 1. The number of halogens is 1. The zero-order valence-corrected chi connectivity index (χ0v) is 26.1. The fraction of sp³-hybridized carbons (Fsp3) is 0.452. The molecule has 0 atom stereocenters. The number of aryl methyl sites for hydroxylation is 1. The number of methoxy groups -OCH3 is 1. The van der Waals surface area contributed by atoms with Crippen molar-refractivity contribution < 1.29 is 23.9 Å². The molecule has 2 aromatic carbocycles. The molecule has 1 saturated heterocycles. The summed E-state index contributed by atoms with van der Waals surface area (Å²) < 4.78 is 13.8. The van der Waals surface area contributed by atoms with Gasteiger partial charge in [0.25, 0.3) is 5.91 Å². The molecule has 0 radical (unpaired) electrons. The number of likely N-dealkylation sites (tertiary alicyclic amines) is 1. The van der Waals surface area contributed by atoms with Crippen LogP contribution >= 0.6 is 15.9 Å². The first-order valence-corrected chi connectivity index (χ1v) is 14.7. The summed E-state index contributed by atoms with van der Waals surface area (Å²) >= 11 is 3.60. The van der Waals surface area contributed by atoms with E-state index in [1.54, 1.807) is 12.0 Å². The lowest BCUT2D eigenvalue weighted by Crippen LogP contribution is -2.61. The SMILES string of the molecule is COc1cccc2c1CCN(C(=O)c1c(C)n(CC(=O)NC3CN(C(=O)OC(C)(C)C)C3)c3c(C)cc(Br)cc13)C2. The van der Waals surface area contributed by atoms with Gasteiger partial charge < -0.3 is 29.2 Å². The van der Waals surface area contributed by atoms with Crippen LogP contribution in [0.4, 0.5) is 4.79 Å². The zero-order chi connectivity index (χ0) is 29.6. The van der Waals surface area contributed by atoms with Gasteiger partial charge in [-0.3, -0.25) is 9.59 Å². The van der Waals surface area contributed by atoms with Gasteiger partial charge in [-0.05, 0) is 70.4 Å². The van der Waals surface area contributed by atoms with Crippen LogP contribution in [0.15, 0.2) is 34.8 Å². The number of carbonyl (C=O) groups excluding carboxylic acids is 3. The Morgan fingerprint density at radius 1 is 1.10 bits per heavy atom. The second kappa shape index (κ2) is 11.0. The molecule has 3 amide bonds. The first kappa shape index (κ1) is 29.0. The fourth-order valence-electron chi connectivity index (χ4n) is 5.81. The third-order valence-corrected chi connectivity index (χ3v) is 8.17. The molecule has 0 unspecified atom stereocenters. The zero-order valence-electron chi connectivity index (χ0n) is 24.5. The van der Waals surface area contributed by atoms with Crippen molar-refractivity contribution >= 4 is 44.7 Å². The highest BCUT2D eigenvalue weighted by Crippen LogP contribution is 2.34. The predicted octanol–water partition coefficient (Wildman–Crippen LogP) is 4.96. The number of benzene rings is 2. The third-order valence-electron chi connectivity index (χ3n) is 7.72. The summed E-state index contributed by atoms with van der Waals surface area (Å²) in [6.45, 7) is 11.3. The van der Waals surface area contributed by atoms with Crippen molar-refractivity contribution in [1.82, 2.24) is 19.7 Å². The Bertz CT molecular complexity index is 1530. The van der Waals surface area contributed by atoms with Crippen molar-refractivity contribution in [2.24, 2.45) is 0 Å². The second-order valence-corrected chi connectivity index (χ2v) is 12.8. The number of carbonyl (C=O) groups is 3. The van der Waals surface area contributed by atoms with Gasteiger partial charge in [0.05, 0.1) is 24.2 Å². The highest BCUT2D eigenvalue weighted by Gasteiger charge is 2.35. The van der Waals surface area contributed by atoms with Crippen LogP contribution in [0.25, 0.3) is 10.9 Å². The lowest BCUT2D eigenvalue weighted by Gasteiger charge is -2.40. The Balaban J connectivity index is 1.36. The summed E-state index contributed by atoms with van der Waals surface area (Å²) in [6, 6.07) is 9.78. The Hall–Kier alpha value is -3.53. The molecule has 0 aliphatic carbocycles.